The van der Waals surface area contributed by atoms with E-state index in [-0.39, 0.29) is 5.92 Å². The smallest absolute Gasteiger partial charge is 0.306 e. The fraction of sp³-hybridized carbons (Fsp3) is 0.531. The van der Waals surface area contributed by atoms with Gasteiger partial charge in [0.2, 0.25) is 0 Å². The highest BCUT2D eigenvalue weighted by molar-refractivity contribution is 5.70. The quantitative estimate of drug-likeness (QED) is 0.167. The summed E-state index contributed by atoms with van der Waals surface area (Å²) in [6.07, 6.45) is 21.0. The molecule has 0 bridgehead atoms. The van der Waals surface area contributed by atoms with E-state index in [2.05, 4.69) is 43.3 Å². The van der Waals surface area contributed by atoms with Crippen LogP contribution in [-0.4, -0.2) is 11.1 Å². The highest BCUT2D eigenvalue weighted by atomic mass is 16.4. The zero-order chi connectivity index (χ0) is 24.3. The van der Waals surface area contributed by atoms with E-state index in [9.17, 15) is 9.90 Å². The van der Waals surface area contributed by atoms with E-state index in [1.54, 1.807) is 0 Å². The highest BCUT2D eigenvalue weighted by Gasteiger charge is 2.23. The molecule has 0 aromatic heterocycles. The molecule has 0 heterocycles. The molecule has 2 nitrogen and oxygen atoms in total. The maximum absolute atomic E-state index is 12.1. The standard InChI is InChI=1S/C32H46O2/c1-2-3-4-5-6-7-8-9-10-11-12-15-24-30(25-28-20-16-13-17-21-28)27-31(32(33)34)26-29-22-18-14-19-23-29/h9-10,13-14,16-23,30-31H,2-8,11-12,15,24-27H2,1H3,(H,33,34)/b10-9-. The Labute approximate surface area is 208 Å². The number of hydrogen-bond donors (Lipinski definition) is 1. The lowest BCUT2D eigenvalue weighted by Crippen LogP contribution is -2.21. The molecule has 0 saturated carbocycles. The largest absolute Gasteiger partial charge is 0.481 e. The first-order valence-corrected chi connectivity index (χ1v) is 13.6. The average molecular weight is 463 g/mol. The summed E-state index contributed by atoms with van der Waals surface area (Å²) in [7, 11) is 0. The molecule has 0 aliphatic rings. The predicted molar refractivity (Wildman–Crippen MR) is 145 cm³/mol. The fourth-order valence-electron chi connectivity index (χ4n) is 4.80. The Morgan fingerprint density at radius 1 is 0.735 bits per heavy atom. The first-order chi connectivity index (χ1) is 16.7. The van der Waals surface area contributed by atoms with Gasteiger partial charge in [-0.3, -0.25) is 4.79 Å². The van der Waals surface area contributed by atoms with Crippen LogP contribution in [0.3, 0.4) is 0 Å². The monoisotopic (exact) mass is 462 g/mol. The van der Waals surface area contributed by atoms with E-state index in [0.29, 0.717) is 12.3 Å². The number of rotatable bonds is 19. The van der Waals surface area contributed by atoms with E-state index in [1.807, 2.05) is 36.4 Å². The molecule has 0 saturated heterocycles. The molecular weight excluding hydrogens is 416 g/mol. The molecule has 0 radical (unpaired) electrons. The maximum atomic E-state index is 12.1. The molecule has 186 valence electrons. The summed E-state index contributed by atoms with van der Waals surface area (Å²) in [4.78, 5) is 12.1. The number of carboxylic acid groups (broad SMARTS) is 1. The lowest BCUT2D eigenvalue weighted by Gasteiger charge is -2.22. The van der Waals surface area contributed by atoms with E-state index < -0.39 is 5.97 Å². The van der Waals surface area contributed by atoms with Gasteiger partial charge in [0.1, 0.15) is 0 Å². The Morgan fingerprint density at radius 2 is 1.26 bits per heavy atom. The molecular formula is C32H46O2. The van der Waals surface area contributed by atoms with E-state index in [1.165, 1.54) is 56.9 Å². The van der Waals surface area contributed by atoms with Gasteiger partial charge in [-0.1, -0.05) is 125 Å². The molecule has 2 rings (SSSR count). The third-order valence-electron chi connectivity index (χ3n) is 6.78. The summed E-state index contributed by atoms with van der Waals surface area (Å²) in [5.74, 6) is -0.591. The number of carbonyl (C=O) groups is 1. The van der Waals surface area contributed by atoms with Gasteiger partial charge < -0.3 is 5.11 Å². The van der Waals surface area contributed by atoms with Crippen LogP contribution in [0, 0.1) is 11.8 Å². The maximum Gasteiger partial charge on any atom is 0.306 e. The van der Waals surface area contributed by atoms with Gasteiger partial charge in [-0.15, -0.1) is 0 Å². The van der Waals surface area contributed by atoms with Crippen LogP contribution in [-0.2, 0) is 17.6 Å². The number of benzene rings is 2. The van der Waals surface area contributed by atoms with Crippen molar-refractivity contribution in [1.29, 1.82) is 0 Å². The molecule has 2 atom stereocenters. The van der Waals surface area contributed by atoms with Gasteiger partial charge in [0.05, 0.1) is 5.92 Å². The second kappa shape index (κ2) is 18.0. The lowest BCUT2D eigenvalue weighted by molar-refractivity contribution is -0.142. The molecule has 2 aromatic rings. The third-order valence-corrected chi connectivity index (χ3v) is 6.78. The summed E-state index contributed by atoms with van der Waals surface area (Å²) >= 11 is 0. The summed E-state index contributed by atoms with van der Waals surface area (Å²) in [5, 5.41) is 9.91. The van der Waals surface area contributed by atoms with Crippen LogP contribution in [0.2, 0.25) is 0 Å². The molecule has 34 heavy (non-hydrogen) atoms. The highest BCUT2D eigenvalue weighted by Crippen LogP contribution is 2.26. The van der Waals surface area contributed by atoms with Crippen LogP contribution in [0.15, 0.2) is 72.8 Å². The number of hydrogen-bond acceptors (Lipinski definition) is 1. The molecule has 0 spiro atoms. The second-order valence-electron chi connectivity index (χ2n) is 9.83. The Hall–Kier alpha value is -2.35. The molecule has 0 fully saturated rings. The van der Waals surface area contributed by atoms with Crippen molar-refractivity contribution in [2.24, 2.45) is 11.8 Å². The molecule has 1 N–H and O–H groups in total. The first kappa shape index (κ1) is 27.9. The predicted octanol–water partition coefficient (Wildman–Crippen LogP) is 9.05. The number of aliphatic carboxylic acids is 1. The van der Waals surface area contributed by atoms with Crippen molar-refractivity contribution in [3.05, 3.63) is 83.9 Å². The normalized spacial score (nSPS) is 13.2. The molecule has 0 aliphatic heterocycles. The molecule has 2 unspecified atom stereocenters. The van der Waals surface area contributed by atoms with Crippen molar-refractivity contribution in [2.75, 3.05) is 0 Å². The zero-order valence-corrected chi connectivity index (χ0v) is 21.3. The van der Waals surface area contributed by atoms with Crippen LogP contribution in [0.1, 0.15) is 95.1 Å². The van der Waals surface area contributed by atoms with Gasteiger partial charge >= 0.3 is 5.97 Å². The summed E-state index contributed by atoms with van der Waals surface area (Å²) in [6.45, 7) is 2.27. The minimum atomic E-state index is -0.667. The molecule has 2 aromatic carbocycles. The number of unbranched alkanes of at least 4 members (excludes halogenated alkanes) is 8. The van der Waals surface area contributed by atoms with Crippen LogP contribution in [0.4, 0.5) is 0 Å². The van der Waals surface area contributed by atoms with Gasteiger partial charge in [-0.05, 0) is 62.0 Å². The van der Waals surface area contributed by atoms with Crippen molar-refractivity contribution in [3.8, 4) is 0 Å². The zero-order valence-electron chi connectivity index (χ0n) is 21.3. The summed E-state index contributed by atoms with van der Waals surface area (Å²) in [5.41, 5.74) is 2.43. The van der Waals surface area contributed by atoms with E-state index in [4.69, 9.17) is 0 Å². The number of allylic oxidation sites excluding steroid dienone is 2. The molecule has 2 heteroatoms. The van der Waals surface area contributed by atoms with Gasteiger partial charge in [-0.25, -0.2) is 0 Å². The Balaban J connectivity index is 1.78. The van der Waals surface area contributed by atoms with E-state index >= 15 is 0 Å². The first-order valence-electron chi connectivity index (χ1n) is 13.6. The van der Waals surface area contributed by atoms with Gasteiger partial charge in [0.15, 0.2) is 0 Å². The van der Waals surface area contributed by atoms with Crippen LogP contribution in [0.5, 0.6) is 0 Å². The minimum Gasteiger partial charge on any atom is -0.481 e. The van der Waals surface area contributed by atoms with Crippen molar-refractivity contribution in [2.45, 2.75) is 96.8 Å². The SMILES string of the molecule is CCCCCCCC/C=C\CCCCC(Cc1ccccc1)CC(Cc1ccccc1)C(=O)O. The topological polar surface area (TPSA) is 37.3 Å². The third kappa shape index (κ3) is 12.8. The Kier molecular flexibility index (Phi) is 14.8. The summed E-state index contributed by atoms with van der Waals surface area (Å²) < 4.78 is 0. The van der Waals surface area contributed by atoms with Crippen LogP contribution >= 0.6 is 0 Å². The fourth-order valence-corrected chi connectivity index (χ4v) is 4.80. The van der Waals surface area contributed by atoms with Gasteiger partial charge in [-0.2, -0.15) is 0 Å². The Morgan fingerprint density at radius 3 is 1.85 bits per heavy atom. The average Bonchev–Trinajstić information content (AvgIpc) is 2.85. The van der Waals surface area contributed by atoms with Crippen molar-refractivity contribution in [1.82, 2.24) is 0 Å². The Bertz CT molecular complexity index is 781. The summed E-state index contributed by atoms with van der Waals surface area (Å²) in [6, 6.07) is 20.6. The van der Waals surface area contributed by atoms with Crippen molar-refractivity contribution in [3.63, 3.8) is 0 Å². The number of carboxylic acids is 1. The molecule has 0 aliphatic carbocycles. The van der Waals surface area contributed by atoms with Crippen molar-refractivity contribution >= 4 is 5.97 Å². The van der Waals surface area contributed by atoms with E-state index in [0.717, 1.165) is 37.7 Å². The van der Waals surface area contributed by atoms with Crippen LogP contribution < -0.4 is 0 Å². The van der Waals surface area contributed by atoms with Gasteiger partial charge in [0, 0.05) is 0 Å². The van der Waals surface area contributed by atoms with Crippen LogP contribution in [0.25, 0.3) is 0 Å². The molecule has 0 amide bonds. The minimum absolute atomic E-state index is 0.326. The van der Waals surface area contributed by atoms with Crippen molar-refractivity contribution < 1.29 is 9.90 Å². The lowest BCUT2D eigenvalue weighted by atomic mass is 9.83. The van der Waals surface area contributed by atoms with Gasteiger partial charge in [0.25, 0.3) is 0 Å². The second-order valence-corrected chi connectivity index (χ2v) is 9.83.